The second-order valence-electron chi connectivity index (χ2n) is 7.54. The molecule has 0 heterocycles. The summed E-state index contributed by atoms with van der Waals surface area (Å²) in [6.45, 7) is 6.84. The lowest BCUT2D eigenvalue weighted by Gasteiger charge is -2.29. The highest BCUT2D eigenvalue weighted by Crippen LogP contribution is 2.23. The maximum atomic E-state index is 12.2. The van der Waals surface area contributed by atoms with Gasteiger partial charge in [-0.15, -0.1) is 0 Å². The Kier molecular flexibility index (Phi) is 7.00. The SMILES string of the molecule is Cc1cccc(NC(=O)C[NH+](C)CC(=O)N[C@H]2CCCC[C@@H]2C)c1C. The standard InChI is InChI=1S/C20H31N3O2/c1-14-9-7-11-18(16(14)3)22-20(25)13-23(4)12-19(24)21-17-10-6-5-8-15(17)2/h7,9,11,15,17H,5-6,8,10,12-13H2,1-4H3,(H,21,24)(H,22,25)/p+1/t15-,17-/m0/s1. The van der Waals surface area contributed by atoms with E-state index in [-0.39, 0.29) is 24.4 Å². The maximum absolute atomic E-state index is 12.2. The van der Waals surface area contributed by atoms with Crippen molar-refractivity contribution in [2.45, 2.75) is 52.5 Å². The van der Waals surface area contributed by atoms with E-state index in [4.69, 9.17) is 0 Å². The molecule has 138 valence electrons. The van der Waals surface area contributed by atoms with Crippen molar-refractivity contribution in [1.29, 1.82) is 0 Å². The number of rotatable bonds is 6. The molecule has 0 spiro atoms. The number of carbonyl (C=O) groups excluding carboxylic acids is 2. The fourth-order valence-corrected chi connectivity index (χ4v) is 3.48. The Bertz CT molecular complexity index is 615. The van der Waals surface area contributed by atoms with Crippen LogP contribution in [-0.4, -0.2) is 38.0 Å². The highest BCUT2D eigenvalue weighted by atomic mass is 16.2. The molecule has 0 aromatic heterocycles. The van der Waals surface area contributed by atoms with Gasteiger partial charge in [-0.1, -0.05) is 31.9 Å². The van der Waals surface area contributed by atoms with Crippen molar-refractivity contribution in [2.24, 2.45) is 5.92 Å². The van der Waals surface area contributed by atoms with Gasteiger partial charge in [-0.05, 0) is 49.8 Å². The largest absolute Gasteiger partial charge is 0.348 e. The van der Waals surface area contributed by atoms with E-state index in [0.29, 0.717) is 12.5 Å². The first-order chi connectivity index (χ1) is 11.9. The third kappa shape index (κ3) is 5.85. The number of amides is 2. The number of nitrogens with one attached hydrogen (secondary N) is 3. The molecule has 5 nitrogen and oxygen atoms in total. The summed E-state index contributed by atoms with van der Waals surface area (Å²) in [4.78, 5) is 25.4. The molecule has 2 rings (SSSR count). The minimum absolute atomic E-state index is 0.0378. The molecule has 25 heavy (non-hydrogen) atoms. The van der Waals surface area contributed by atoms with Gasteiger partial charge in [0.15, 0.2) is 13.1 Å². The van der Waals surface area contributed by atoms with E-state index in [2.05, 4.69) is 17.6 Å². The fraction of sp³-hybridized carbons (Fsp3) is 0.600. The second-order valence-corrected chi connectivity index (χ2v) is 7.54. The van der Waals surface area contributed by atoms with Crippen LogP contribution in [-0.2, 0) is 9.59 Å². The van der Waals surface area contributed by atoms with Gasteiger partial charge in [-0.3, -0.25) is 9.59 Å². The topological polar surface area (TPSA) is 62.6 Å². The first-order valence-electron chi connectivity index (χ1n) is 9.33. The van der Waals surface area contributed by atoms with E-state index in [1.165, 1.54) is 19.3 Å². The number of aryl methyl sites for hydroxylation is 1. The van der Waals surface area contributed by atoms with Crippen LogP contribution in [0.15, 0.2) is 18.2 Å². The van der Waals surface area contributed by atoms with E-state index in [0.717, 1.165) is 28.1 Å². The fourth-order valence-electron chi connectivity index (χ4n) is 3.48. The Morgan fingerprint density at radius 2 is 1.80 bits per heavy atom. The molecule has 3 N–H and O–H groups in total. The Hall–Kier alpha value is -1.88. The van der Waals surface area contributed by atoms with Gasteiger partial charge in [0, 0.05) is 11.7 Å². The summed E-state index contributed by atoms with van der Waals surface area (Å²) in [6, 6.07) is 6.16. The summed E-state index contributed by atoms with van der Waals surface area (Å²) < 4.78 is 0. The maximum Gasteiger partial charge on any atom is 0.279 e. The highest BCUT2D eigenvalue weighted by molar-refractivity contribution is 5.92. The van der Waals surface area contributed by atoms with Crippen LogP contribution in [0.5, 0.6) is 0 Å². The van der Waals surface area contributed by atoms with Gasteiger partial charge in [0.2, 0.25) is 0 Å². The summed E-state index contributed by atoms with van der Waals surface area (Å²) in [5.41, 5.74) is 3.08. The summed E-state index contributed by atoms with van der Waals surface area (Å²) in [6.07, 6.45) is 4.71. The van der Waals surface area contributed by atoms with Crippen LogP contribution in [0.4, 0.5) is 5.69 Å². The van der Waals surface area contributed by atoms with Crippen molar-refractivity contribution in [3.8, 4) is 0 Å². The van der Waals surface area contributed by atoms with E-state index in [1.54, 1.807) is 0 Å². The van der Waals surface area contributed by atoms with Gasteiger partial charge in [-0.2, -0.15) is 0 Å². The third-order valence-electron chi connectivity index (χ3n) is 5.26. The minimum Gasteiger partial charge on any atom is -0.348 e. The van der Waals surface area contributed by atoms with Gasteiger partial charge >= 0.3 is 0 Å². The Morgan fingerprint density at radius 1 is 1.12 bits per heavy atom. The molecular formula is C20H32N3O2+. The van der Waals surface area contributed by atoms with E-state index < -0.39 is 0 Å². The molecule has 3 atom stereocenters. The van der Waals surface area contributed by atoms with Gasteiger partial charge in [0.25, 0.3) is 11.8 Å². The molecule has 0 bridgehead atoms. The van der Waals surface area contributed by atoms with Crippen LogP contribution >= 0.6 is 0 Å². The lowest BCUT2D eigenvalue weighted by Crippen LogP contribution is -3.11. The van der Waals surface area contributed by atoms with Gasteiger partial charge in [-0.25, -0.2) is 0 Å². The number of quaternary nitrogens is 1. The van der Waals surface area contributed by atoms with Crippen LogP contribution in [0.3, 0.4) is 0 Å². The van der Waals surface area contributed by atoms with Crippen molar-refractivity contribution in [2.75, 3.05) is 25.5 Å². The Morgan fingerprint density at radius 3 is 2.52 bits per heavy atom. The van der Waals surface area contributed by atoms with E-state index in [9.17, 15) is 9.59 Å². The predicted molar refractivity (Wildman–Crippen MR) is 101 cm³/mol. The second kappa shape index (κ2) is 8.99. The monoisotopic (exact) mass is 346 g/mol. The lowest BCUT2D eigenvalue weighted by molar-refractivity contribution is -0.862. The van der Waals surface area contributed by atoms with Crippen molar-refractivity contribution in [3.63, 3.8) is 0 Å². The molecule has 0 radical (unpaired) electrons. The van der Waals surface area contributed by atoms with E-state index in [1.807, 2.05) is 39.1 Å². The molecule has 1 aliphatic carbocycles. The molecule has 5 heteroatoms. The van der Waals surface area contributed by atoms with E-state index >= 15 is 0 Å². The van der Waals surface area contributed by atoms with Gasteiger partial charge < -0.3 is 15.5 Å². The average molecular weight is 346 g/mol. The van der Waals surface area contributed by atoms with Crippen molar-refractivity contribution < 1.29 is 14.5 Å². The summed E-state index contributed by atoms with van der Waals surface area (Å²) in [5, 5.41) is 6.10. The Balaban J connectivity index is 1.78. The Labute approximate surface area is 151 Å². The molecular weight excluding hydrogens is 314 g/mol. The van der Waals surface area contributed by atoms with Crippen LogP contribution in [0.25, 0.3) is 0 Å². The molecule has 1 aliphatic rings. The predicted octanol–water partition coefficient (Wildman–Crippen LogP) is 1.45. The van der Waals surface area contributed by atoms with Crippen molar-refractivity contribution in [1.82, 2.24) is 5.32 Å². The molecule has 1 saturated carbocycles. The minimum atomic E-state index is -0.0648. The molecule has 1 unspecified atom stereocenters. The highest BCUT2D eigenvalue weighted by Gasteiger charge is 2.24. The van der Waals surface area contributed by atoms with Crippen molar-refractivity contribution >= 4 is 17.5 Å². The van der Waals surface area contributed by atoms with Gasteiger partial charge in [0.05, 0.1) is 7.05 Å². The smallest absolute Gasteiger partial charge is 0.279 e. The molecule has 2 amide bonds. The summed E-state index contributed by atoms with van der Waals surface area (Å²) in [7, 11) is 1.88. The lowest BCUT2D eigenvalue weighted by atomic mass is 9.86. The number of hydrogen-bond donors (Lipinski definition) is 3. The number of anilines is 1. The molecule has 1 aromatic rings. The number of hydrogen-bond acceptors (Lipinski definition) is 2. The van der Waals surface area contributed by atoms with Crippen LogP contribution in [0.2, 0.25) is 0 Å². The van der Waals surface area contributed by atoms with Crippen LogP contribution < -0.4 is 15.5 Å². The zero-order valence-electron chi connectivity index (χ0n) is 15.9. The number of likely N-dealkylation sites (N-methyl/N-ethyl adjacent to an activating group) is 1. The quantitative estimate of drug-likeness (QED) is 0.730. The number of benzene rings is 1. The first-order valence-corrected chi connectivity index (χ1v) is 9.33. The zero-order valence-corrected chi connectivity index (χ0v) is 15.9. The van der Waals surface area contributed by atoms with Crippen molar-refractivity contribution in [3.05, 3.63) is 29.3 Å². The first kappa shape index (κ1) is 19.4. The molecule has 0 saturated heterocycles. The number of carbonyl (C=O) groups is 2. The normalized spacial score (nSPS) is 21.4. The summed E-state index contributed by atoms with van der Waals surface area (Å²) in [5.74, 6) is 0.520. The summed E-state index contributed by atoms with van der Waals surface area (Å²) >= 11 is 0. The van der Waals surface area contributed by atoms with Gasteiger partial charge in [0.1, 0.15) is 0 Å². The zero-order chi connectivity index (χ0) is 18.4. The van der Waals surface area contributed by atoms with Crippen LogP contribution in [0, 0.1) is 19.8 Å². The molecule has 1 fully saturated rings. The molecule has 0 aliphatic heterocycles. The average Bonchev–Trinajstić information content (AvgIpc) is 2.53. The van der Waals surface area contributed by atoms with Crippen LogP contribution in [0.1, 0.15) is 43.7 Å². The third-order valence-corrected chi connectivity index (χ3v) is 5.26. The molecule has 1 aromatic carbocycles.